The van der Waals surface area contributed by atoms with Crippen molar-refractivity contribution in [3.8, 4) is 0 Å². The molecule has 0 radical (unpaired) electrons. The fraction of sp³-hybridized carbons (Fsp3) is 0.571. The molecule has 2 aromatic heterocycles. The summed E-state index contributed by atoms with van der Waals surface area (Å²) < 4.78 is 5.48. The molecule has 0 spiro atoms. The lowest BCUT2D eigenvalue weighted by Crippen LogP contribution is -2.46. The number of aryl methyl sites for hydroxylation is 2. The monoisotopic (exact) mass is 382 g/mol. The topological polar surface area (TPSA) is 57.6 Å². The number of piperazine rings is 1. The zero-order chi connectivity index (χ0) is 19.3. The minimum atomic E-state index is 0.751. The van der Waals surface area contributed by atoms with Crippen LogP contribution in [0, 0.1) is 6.92 Å². The largest absolute Gasteiger partial charge is 0.378 e. The van der Waals surface area contributed by atoms with Crippen LogP contribution in [0.1, 0.15) is 23.9 Å². The molecule has 4 rings (SSSR count). The minimum absolute atomic E-state index is 0.751. The molecule has 2 fully saturated rings. The first-order valence-electron chi connectivity index (χ1n) is 10.3. The summed E-state index contributed by atoms with van der Waals surface area (Å²) in [6.45, 7) is 12.5. The first-order chi connectivity index (χ1) is 13.7. The predicted octanol–water partition coefficient (Wildman–Crippen LogP) is 1.90. The third-order valence-corrected chi connectivity index (χ3v) is 5.60. The molecule has 0 N–H and O–H groups in total. The molecule has 4 heterocycles. The van der Waals surface area contributed by atoms with E-state index in [9.17, 15) is 0 Å². The fourth-order valence-electron chi connectivity index (χ4n) is 3.75. The second-order valence-electron chi connectivity index (χ2n) is 7.50. The lowest BCUT2D eigenvalue weighted by Gasteiger charge is -2.36. The summed E-state index contributed by atoms with van der Waals surface area (Å²) in [5.41, 5.74) is 3.56. The third kappa shape index (κ3) is 4.42. The van der Waals surface area contributed by atoms with E-state index in [1.54, 1.807) is 0 Å². The number of pyridine rings is 1. The summed E-state index contributed by atoms with van der Waals surface area (Å²) in [7, 11) is 0. The summed E-state index contributed by atoms with van der Waals surface area (Å²) in [6, 6.07) is 6.30. The van der Waals surface area contributed by atoms with Crippen molar-refractivity contribution in [1.29, 1.82) is 0 Å². The Morgan fingerprint density at radius 3 is 2.50 bits per heavy atom. The molecule has 28 heavy (non-hydrogen) atoms. The van der Waals surface area contributed by atoms with Crippen molar-refractivity contribution >= 4 is 11.8 Å². The van der Waals surface area contributed by atoms with E-state index in [1.807, 2.05) is 12.3 Å². The molecule has 2 aliphatic rings. The first kappa shape index (κ1) is 19.1. The summed E-state index contributed by atoms with van der Waals surface area (Å²) >= 11 is 0. The van der Waals surface area contributed by atoms with Gasteiger partial charge in [-0.25, -0.2) is 4.98 Å². The van der Waals surface area contributed by atoms with Gasteiger partial charge in [-0.3, -0.25) is 9.88 Å². The molecule has 2 saturated heterocycles. The normalized spacial score (nSPS) is 18.5. The molecular formula is C21H30N6O. The molecule has 2 aliphatic heterocycles. The van der Waals surface area contributed by atoms with Crippen molar-refractivity contribution in [1.82, 2.24) is 19.9 Å². The van der Waals surface area contributed by atoms with Crippen LogP contribution in [-0.2, 0) is 17.7 Å². The number of hydrogen-bond donors (Lipinski definition) is 0. The van der Waals surface area contributed by atoms with Crippen molar-refractivity contribution in [3.05, 3.63) is 41.3 Å². The number of ether oxygens (including phenoxy) is 1. The van der Waals surface area contributed by atoms with Gasteiger partial charge in [0.15, 0.2) is 0 Å². The van der Waals surface area contributed by atoms with Gasteiger partial charge in [-0.2, -0.15) is 4.98 Å². The molecule has 150 valence electrons. The van der Waals surface area contributed by atoms with Crippen LogP contribution in [-0.4, -0.2) is 72.3 Å². The summed E-state index contributed by atoms with van der Waals surface area (Å²) in [5, 5.41) is 0. The van der Waals surface area contributed by atoms with Crippen molar-refractivity contribution in [2.24, 2.45) is 0 Å². The Kier molecular flexibility index (Phi) is 6.02. The molecule has 0 saturated carbocycles. The number of rotatable bonds is 5. The Bertz CT molecular complexity index is 784. The van der Waals surface area contributed by atoms with Crippen LogP contribution in [0.25, 0.3) is 0 Å². The van der Waals surface area contributed by atoms with Gasteiger partial charge >= 0.3 is 0 Å². The molecule has 0 aromatic carbocycles. The van der Waals surface area contributed by atoms with Crippen molar-refractivity contribution < 1.29 is 4.74 Å². The highest BCUT2D eigenvalue weighted by Gasteiger charge is 2.22. The summed E-state index contributed by atoms with van der Waals surface area (Å²) in [5.74, 6) is 1.91. The fourth-order valence-corrected chi connectivity index (χ4v) is 3.75. The number of aromatic nitrogens is 3. The van der Waals surface area contributed by atoms with Gasteiger partial charge in [0.1, 0.15) is 5.82 Å². The maximum Gasteiger partial charge on any atom is 0.227 e. The zero-order valence-corrected chi connectivity index (χ0v) is 17.0. The van der Waals surface area contributed by atoms with Gasteiger partial charge in [0.25, 0.3) is 0 Å². The standard InChI is InChI=1S/C21H30N6O/c1-3-18-15-20(24-21(23-18)27-11-13-28-14-12-27)26-9-7-25(8-10-26)16-19-17(2)5-4-6-22-19/h4-6,15H,3,7-14,16H2,1-2H3. The number of morpholine rings is 1. The van der Waals surface area contributed by atoms with E-state index in [0.29, 0.717) is 0 Å². The molecule has 0 unspecified atom stereocenters. The number of nitrogens with zero attached hydrogens (tertiary/aromatic N) is 6. The molecule has 0 bridgehead atoms. The van der Waals surface area contributed by atoms with Crippen LogP contribution in [0.2, 0.25) is 0 Å². The van der Waals surface area contributed by atoms with Crippen LogP contribution in [0.4, 0.5) is 11.8 Å². The van der Waals surface area contributed by atoms with Crippen molar-refractivity contribution in [2.75, 3.05) is 62.3 Å². The maximum absolute atomic E-state index is 5.48. The van der Waals surface area contributed by atoms with Gasteiger partial charge in [-0.05, 0) is 25.0 Å². The molecule has 0 aliphatic carbocycles. The minimum Gasteiger partial charge on any atom is -0.378 e. The second kappa shape index (κ2) is 8.84. The van der Waals surface area contributed by atoms with Crippen molar-refractivity contribution in [3.63, 3.8) is 0 Å². The van der Waals surface area contributed by atoms with Crippen LogP contribution >= 0.6 is 0 Å². The molecule has 7 heteroatoms. The highest BCUT2D eigenvalue weighted by atomic mass is 16.5. The van der Waals surface area contributed by atoms with E-state index >= 15 is 0 Å². The van der Waals surface area contributed by atoms with E-state index in [0.717, 1.165) is 82.9 Å². The van der Waals surface area contributed by atoms with Gasteiger partial charge in [0.05, 0.1) is 18.9 Å². The van der Waals surface area contributed by atoms with Crippen LogP contribution < -0.4 is 9.80 Å². The highest BCUT2D eigenvalue weighted by molar-refractivity contribution is 5.47. The van der Waals surface area contributed by atoms with Gasteiger partial charge < -0.3 is 14.5 Å². The average molecular weight is 383 g/mol. The maximum atomic E-state index is 5.48. The molecular weight excluding hydrogens is 352 g/mol. The van der Waals surface area contributed by atoms with Crippen molar-refractivity contribution in [2.45, 2.75) is 26.8 Å². The van der Waals surface area contributed by atoms with E-state index in [-0.39, 0.29) is 0 Å². The summed E-state index contributed by atoms with van der Waals surface area (Å²) in [4.78, 5) is 21.3. The summed E-state index contributed by atoms with van der Waals surface area (Å²) in [6.07, 6.45) is 2.81. The lowest BCUT2D eigenvalue weighted by molar-refractivity contribution is 0.122. The van der Waals surface area contributed by atoms with Crippen LogP contribution in [0.3, 0.4) is 0 Å². The predicted molar refractivity (Wildman–Crippen MR) is 111 cm³/mol. The van der Waals surface area contributed by atoms with E-state index < -0.39 is 0 Å². The highest BCUT2D eigenvalue weighted by Crippen LogP contribution is 2.21. The number of anilines is 2. The van der Waals surface area contributed by atoms with E-state index in [2.05, 4.69) is 45.7 Å². The smallest absolute Gasteiger partial charge is 0.227 e. The zero-order valence-electron chi connectivity index (χ0n) is 17.0. The third-order valence-electron chi connectivity index (χ3n) is 5.60. The van der Waals surface area contributed by atoms with Crippen LogP contribution in [0.15, 0.2) is 24.4 Å². The molecule has 0 amide bonds. The Labute approximate surface area is 167 Å². The lowest BCUT2D eigenvalue weighted by atomic mass is 10.2. The Morgan fingerprint density at radius 1 is 1.00 bits per heavy atom. The SMILES string of the molecule is CCc1cc(N2CCN(Cc3ncccc3C)CC2)nc(N2CCOCC2)n1. The Morgan fingerprint density at radius 2 is 1.79 bits per heavy atom. The average Bonchev–Trinajstić information content (AvgIpc) is 2.76. The first-order valence-corrected chi connectivity index (χ1v) is 10.3. The Hall–Kier alpha value is -2.25. The van der Waals surface area contributed by atoms with Gasteiger partial charge in [0.2, 0.25) is 5.95 Å². The molecule has 2 aromatic rings. The van der Waals surface area contributed by atoms with Crippen LogP contribution in [0.5, 0.6) is 0 Å². The second-order valence-corrected chi connectivity index (χ2v) is 7.50. The van der Waals surface area contributed by atoms with Gasteiger partial charge in [0, 0.05) is 63.8 Å². The van der Waals surface area contributed by atoms with Gasteiger partial charge in [-0.15, -0.1) is 0 Å². The van der Waals surface area contributed by atoms with E-state index in [1.165, 1.54) is 11.3 Å². The quantitative estimate of drug-likeness (QED) is 0.783. The number of hydrogen-bond acceptors (Lipinski definition) is 7. The molecule has 0 atom stereocenters. The Balaban J connectivity index is 1.43. The molecule has 7 nitrogen and oxygen atoms in total. The van der Waals surface area contributed by atoms with E-state index in [4.69, 9.17) is 14.7 Å². The van der Waals surface area contributed by atoms with Gasteiger partial charge in [-0.1, -0.05) is 13.0 Å².